The molecule has 0 saturated heterocycles. The molecule has 0 unspecified atom stereocenters. The van der Waals surface area contributed by atoms with Gasteiger partial charge in [-0.05, 0) is 55.7 Å². The SMILES string of the molecule is CC(C)(C)c1noc(C23CCC(CNc4ccc(F)c(C=O)c4)(CC2)C3)n1. The van der Waals surface area contributed by atoms with E-state index in [1.165, 1.54) is 6.07 Å². The molecule has 2 aliphatic carbocycles. The van der Waals surface area contributed by atoms with E-state index in [1.54, 1.807) is 12.1 Å². The fraction of sp³-hybridized carbons (Fsp3) is 0.571. The molecule has 2 aromatic rings. The number of rotatable bonds is 5. The molecule has 1 heterocycles. The van der Waals surface area contributed by atoms with Gasteiger partial charge in [-0.3, -0.25) is 4.79 Å². The third-order valence-electron chi connectivity index (χ3n) is 6.32. The van der Waals surface area contributed by atoms with Crippen LogP contribution < -0.4 is 5.32 Å². The lowest BCUT2D eigenvalue weighted by Gasteiger charge is -2.27. The number of halogens is 1. The lowest BCUT2D eigenvalue weighted by Crippen LogP contribution is -2.24. The number of carbonyl (C=O) groups excluding carboxylic acids is 1. The largest absolute Gasteiger partial charge is 0.384 e. The molecule has 4 rings (SSSR count). The molecule has 5 nitrogen and oxygen atoms in total. The van der Waals surface area contributed by atoms with Gasteiger partial charge < -0.3 is 9.84 Å². The van der Waals surface area contributed by atoms with E-state index < -0.39 is 5.82 Å². The van der Waals surface area contributed by atoms with Crippen molar-refractivity contribution in [2.45, 2.75) is 63.7 Å². The molecule has 1 aromatic heterocycles. The summed E-state index contributed by atoms with van der Waals surface area (Å²) in [5, 5.41) is 7.63. The van der Waals surface area contributed by atoms with Gasteiger partial charge in [-0.25, -0.2) is 4.39 Å². The van der Waals surface area contributed by atoms with Crippen molar-refractivity contribution in [2.24, 2.45) is 5.41 Å². The first-order valence-electron chi connectivity index (χ1n) is 9.59. The maximum absolute atomic E-state index is 13.5. The minimum atomic E-state index is -0.486. The van der Waals surface area contributed by atoms with E-state index in [4.69, 9.17) is 9.51 Å². The Bertz CT molecular complexity index is 861. The summed E-state index contributed by atoms with van der Waals surface area (Å²) in [5.74, 6) is 1.07. The molecule has 1 N–H and O–H groups in total. The summed E-state index contributed by atoms with van der Waals surface area (Å²) in [5.41, 5.74) is 0.934. The number of aldehydes is 1. The Hall–Kier alpha value is -2.24. The van der Waals surface area contributed by atoms with Crippen LogP contribution in [0.3, 0.4) is 0 Å². The van der Waals surface area contributed by atoms with Crippen LogP contribution in [0, 0.1) is 11.2 Å². The van der Waals surface area contributed by atoms with Gasteiger partial charge in [0.2, 0.25) is 5.89 Å². The highest BCUT2D eigenvalue weighted by molar-refractivity contribution is 5.77. The number of carbonyl (C=O) groups is 1. The fourth-order valence-corrected chi connectivity index (χ4v) is 4.64. The number of fused-ring (bicyclic) bond motifs is 2. The maximum atomic E-state index is 13.5. The van der Waals surface area contributed by atoms with Gasteiger partial charge in [0.25, 0.3) is 0 Å². The van der Waals surface area contributed by atoms with Crippen molar-refractivity contribution in [3.05, 3.63) is 41.3 Å². The van der Waals surface area contributed by atoms with Gasteiger partial charge in [-0.2, -0.15) is 4.98 Å². The Balaban J connectivity index is 1.48. The highest BCUT2D eigenvalue weighted by Gasteiger charge is 2.57. The lowest BCUT2D eigenvalue weighted by atomic mass is 9.82. The van der Waals surface area contributed by atoms with Gasteiger partial charge in [-0.1, -0.05) is 25.9 Å². The van der Waals surface area contributed by atoms with E-state index in [9.17, 15) is 9.18 Å². The zero-order valence-electron chi connectivity index (χ0n) is 16.1. The van der Waals surface area contributed by atoms with Gasteiger partial charge in [0.05, 0.1) is 11.0 Å². The second-order valence-corrected chi connectivity index (χ2v) is 9.34. The number of hydrogen-bond acceptors (Lipinski definition) is 5. The first kappa shape index (κ1) is 18.1. The smallest absolute Gasteiger partial charge is 0.232 e. The van der Waals surface area contributed by atoms with Crippen molar-refractivity contribution >= 4 is 12.0 Å². The average Bonchev–Trinajstić information content (AvgIpc) is 3.34. The van der Waals surface area contributed by atoms with E-state index in [2.05, 4.69) is 31.2 Å². The number of nitrogens with zero attached hydrogens (tertiary/aromatic N) is 2. The van der Waals surface area contributed by atoms with E-state index in [0.717, 1.165) is 56.1 Å². The molecule has 0 aliphatic heterocycles. The van der Waals surface area contributed by atoms with Crippen LogP contribution in [0.25, 0.3) is 0 Å². The Morgan fingerprint density at radius 3 is 2.63 bits per heavy atom. The average molecular weight is 371 g/mol. The molecule has 0 radical (unpaired) electrons. The van der Waals surface area contributed by atoms with E-state index in [-0.39, 0.29) is 21.8 Å². The van der Waals surface area contributed by atoms with E-state index in [0.29, 0.717) is 6.29 Å². The maximum Gasteiger partial charge on any atom is 0.232 e. The minimum absolute atomic E-state index is 0.00503. The number of hydrogen-bond donors (Lipinski definition) is 1. The molecule has 1 aromatic carbocycles. The number of aromatic nitrogens is 2. The Morgan fingerprint density at radius 2 is 2.00 bits per heavy atom. The van der Waals surface area contributed by atoms with Crippen molar-refractivity contribution in [3.63, 3.8) is 0 Å². The highest BCUT2D eigenvalue weighted by Crippen LogP contribution is 2.62. The molecular formula is C21H26FN3O2. The fourth-order valence-electron chi connectivity index (χ4n) is 4.64. The van der Waals surface area contributed by atoms with Gasteiger partial charge in [0.15, 0.2) is 12.1 Å². The van der Waals surface area contributed by atoms with Crippen molar-refractivity contribution in [1.82, 2.24) is 10.1 Å². The number of benzene rings is 1. The topological polar surface area (TPSA) is 68.0 Å². The standard InChI is InChI=1S/C21H26FN3O2/c1-19(2,3)17-24-18(27-25-17)21-8-6-20(12-21,7-9-21)13-23-15-4-5-16(22)14(10-15)11-26/h4-5,10-11,23H,6-9,12-13H2,1-3H3. The second-order valence-electron chi connectivity index (χ2n) is 9.34. The van der Waals surface area contributed by atoms with E-state index in [1.807, 2.05) is 0 Å². The first-order valence-corrected chi connectivity index (χ1v) is 9.59. The van der Waals surface area contributed by atoms with Crippen LogP contribution in [0.4, 0.5) is 10.1 Å². The van der Waals surface area contributed by atoms with Gasteiger partial charge in [-0.15, -0.1) is 0 Å². The summed E-state index contributed by atoms with van der Waals surface area (Å²) in [6, 6.07) is 4.59. The predicted octanol–water partition coefficient (Wildman–Crippen LogP) is 4.63. The van der Waals surface area contributed by atoms with Crippen LogP contribution in [0.5, 0.6) is 0 Å². The summed E-state index contributed by atoms with van der Waals surface area (Å²) in [4.78, 5) is 15.7. The summed E-state index contributed by atoms with van der Waals surface area (Å²) in [6.45, 7) is 7.08. The van der Waals surface area contributed by atoms with Crippen LogP contribution in [0.1, 0.15) is 74.9 Å². The molecule has 2 aliphatic rings. The first-order chi connectivity index (χ1) is 12.8. The van der Waals surface area contributed by atoms with Crippen LogP contribution in [0.15, 0.2) is 22.7 Å². The molecule has 2 saturated carbocycles. The van der Waals surface area contributed by atoms with Gasteiger partial charge in [0.1, 0.15) is 5.82 Å². The van der Waals surface area contributed by atoms with Gasteiger partial charge in [0, 0.05) is 17.6 Å². The van der Waals surface area contributed by atoms with Crippen LogP contribution >= 0.6 is 0 Å². The Kier molecular flexibility index (Phi) is 4.13. The zero-order valence-corrected chi connectivity index (χ0v) is 16.1. The summed E-state index contributed by atoms with van der Waals surface area (Å²) < 4.78 is 19.2. The van der Waals surface area contributed by atoms with Crippen molar-refractivity contribution in [2.75, 3.05) is 11.9 Å². The molecular weight excluding hydrogens is 345 g/mol. The minimum Gasteiger partial charge on any atom is -0.384 e. The van der Waals surface area contributed by atoms with Crippen LogP contribution in [0.2, 0.25) is 0 Å². The molecule has 0 atom stereocenters. The molecule has 144 valence electrons. The molecule has 0 spiro atoms. The lowest BCUT2D eigenvalue weighted by molar-refractivity contribution is 0.112. The van der Waals surface area contributed by atoms with Gasteiger partial charge >= 0.3 is 0 Å². The second kappa shape index (κ2) is 6.14. The molecule has 0 amide bonds. The Labute approximate surface area is 158 Å². The monoisotopic (exact) mass is 371 g/mol. The molecule has 6 heteroatoms. The molecule has 27 heavy (non-hydrogen) atoms. The predicted molar refractivity (Wildman–Crippen MR) is 100 cm³/mol. The van der Waals surface area contributed by atoms with Crippen molar-refractivity contribution in [3.8, 4) is 0 Å². The zero-order chi connectivity index (χ0) is 19.3. The third kappa shape index (κ3) is 3.15. The van der Waals surface area contributed by atoms with Crippen LogP contribution in [-0.4, -0.2) is 23.0 Å². The number of anilines is 1. The van der Waals surface area contributed by atoms with E-state index >= 15 is 0 Å². The summed E-state index contributed by atoms with van der Waals surface area (Å²) >= 11 is 0. The normalized spacial score (nSPS) is 27.1. The molecule has 2 fully saturated rings. The Morgan fingerprint density at radius 1 is 1.26 bits per heavy atom. The number of nitrogens with one attached hydrogen (secondary N) is 1. The van der Waals surface area contributed by atoms with Crippen molar-refractivity contribution < 1.29 is 13.7 Å². The summed E-state index contributed by atoms with van der Waals surface area (Å²) in [6.07, 6.45) is 5.91. The highest BCUT2D eigenvalue weighted by atomic mass is 19.1. The summed E-state index contributed by atoms with van der Waals surface area (Å²) in [7, 11) is 0. The quantitative estimate of drug-likeness (QED) is 0.776. The van der Waals surface area contributed by atoms with Crippen molar-refractivity contribution in [1.29, 1.82) is 0 Å². The van der Waals surface area contributed by atoms with Crippen LogP contribution in [-0.2, 0) is 10.8 Å². The third-order valence-corrected chi connectivity index (χ3v) is 6.32. The molecule has 2 bridgehead atoms.